The van der Waals surface area contributed by atoms with Crippen LogP contribution in [-0.4, -0.2) is 28.2 Å². The Labute approximate surface area is 187 Å². The maximum absolute atomic E-state index is 13.7. The molecule has 0 spiro atoms. The maximum Gasteiger partial charge on any atom is 0.267 e. The van der Waals surface area contributed by atoms with E-state index in [0.717, 1.165) is 35.0 Å². The maximum atomic E-state index is 13.7. The fraction of sp³-hybridized carbons (Fsp3) is 0.208. The third-order valence-electron chi connectivity index (χ3n) is 5.45. The van der Waals surface area contributed by atoms with Crippen molar-refractivity contribution in [1.29, 1.82) is 0 Å². The summed E-state index contributed by atoms with van der Waals surface area (Å²) in [5.74, 6) is 0.874. The topological polar surface area (TPSA) is 61.2 Å². The lowest BCUT2D eigenvalue weighted by atomic mass is 10.2. The van der Waals surface area contributed by atoms with Crippen molar-refractivity contribution in [2.45, 2.75) is 24.4 Å². The van der Waals surface area contributed by atoms with Crippen LogP contribution in [0.1, 0.15) is 27.2 Å². The molecular formula is C24H20N2O3S2. The Morgan fingerprint density at radius 2 is 2.00 bits per heavy atom. The molecule has 0 unspecified atom stereocenters. The van der Waals surface area contributed by atoms with Gasteiger partial charge in [-0.15, -0.1) is 11.3 Å². The summed E-state index contributed by atoms with van der Waals surface area (Å²) in [6, 6.07) is 16.6. The SMILES string of the molecule is COc1cccc(-n2c(SCC(=O)c3ccccc3)nc3sc4c(c3c2=O)CCC4)c1. The van der Waals surface area contributed by atoms with Gasteiger partial charge >= 0.3 is 0 Å². The molecule has 1 aliphatic carbocycles. The fourth-order valence-electron chi connectivity index (χ4n) is 3.94. The van der Waals surface area contributed by atoms with Crippen LogP contribution in [0.2, 0.25) is 0 Å². The van der Waals surface area contributed by atoms with Crippen molar-refractivity contribution in [3.05, 3.63) is 81.0 Å². The number of fused-ring (bicyclic) bond motifs is 3. The number of benzene rings is 2. The number of Topliss-reactive ketones (excluding diaryl/α,β-unsaturated/α-hetero) is 1. The number of thiophene rings is 1. The molecule has 0 bridgehead atoms. The van der Waals surface area contributed by atoms with Crippen LogP contribution in [0.15, 0.2) is 64.5 Å². The van der Waals surface area contributed by atoms with Crippen LogP contribution in [0.3, 0.4) is 0 Å². The molecule has 0 radical (unpaired) electrons. The van der Waals surface area contributed by atoms with Crippen molar-refractivity contribution < 1.29 is 9.53 Å². The molecule has 0 atom stereocenters. The van der Waals surface area contributed by atoms with Crippen LogP contribution < -0.4 is 10.3 Å². The predicted octanol–water partition coefficient (Wildman–Crippen LogP) is 4.92. The average molecular weight is 449 g/mol. The van der Waals surface area contributed by atoms with Gasteiger partial charge in [0, 0.05) is 16.5 Å². The number of aryl methyl sites for hydroxylation is 2. The Balaban J connectivity index is 1.62. The summed E-state index contributed by atoms with van der Waals surface area (Å²) in [6.07, 6.45) is 3.01. The molecule has 0 fully saturated rings. The Morgan fingerprint density at radius 3 is 2.81 bits per heavy atom. The number of nitrogens with zero attached hydrogens (tertiary/aromatic N) is 2. The summed E-state index contributed by atoms with van der Waals surface area (Å²) < 4.78 is 6.99. The second-order valence-corrected chi connectivity index (χ2v) is 9.38. The van der Waals surface area contributed by atoms with Gasteiger partial charge in [-0.2, -0.15) is 0 Å². The standard InChI is InChI=1S/C24H20N2O3S2/c1-29-17-10-5-9-16(13-17)26-23(28)21-18-11-6-12-20(18)31-22(21)25-24(26)30-14-19(27)15-7-3-2-4-8-15/h2-5,7-10,13H,6,11-12,14H2,1H3. The number of rotatable bonds is 6. The van der Waals surface area contributed by atoms with Gasteiger partial charge in [0.05, 0.1) is 23.9 Å². The smallest absolute Gasteiger partial charge is 0.267 e. The average Bonchev–Trinajstić information content (AvgIpc) is 3.39. The Kier molecular flexibility index (Phi) is 5.38. The van der Waals surface area contributed by atoms with Gasteiger partial charge in [-0.3, -0.25) is 14.2 Å². The fourth-order valence-corrected chi connectivity index (χ4v) is 6.15. The number of methoxy groups -OCH3 is 1. The van der Waals surface area contributed by atoms with E-state index in [2.05, 4.69) is 0 Å². The highest BCUT2D eigenvalue weighted by molar-refractivity contribution is 7.99. The first-order valence-corrected chi connectivity index (χ1v) is 11.9. The Bertz CT molecular complexity index is 1340. The molecule has 5 nitrogen and oxygen atoms in total. The summed E-state index contributed by atoms with van der Waals surface area (Å²) in [6.45, 7) is 0. The zero-order valence-electron chi connectivity index (χ0n) is 17.0. The minimum Gasteiger partial charge on any atom is -0.497 e. The van der Waals surface area contributed by atoms with Crippen LogP contribution in [0.4, 0.5) is 0 Å². The normalized spacial score (nSPS) is 12.8. The van der Waals surface area contributed by atoms with Crippen molar-refractivity contribution in [2.75, 3.05) is 12.9 Å². The van der Waals surface area contributed by atoms with E-state index in [9.17, 15) is 9.59 Å². The van der Waals surface area contributed by atoms with Gasteiger partial charge in [0.1, 0.15) is 10.6 Å². The van der Waals surface area contributed by atoms with E-state index in [1.807, 2.05) is 42.5 Å². The van der Waals surface area contributed by atoms with Gasteiger partial charge in [0.25, 0.3) is 5.56 Å². The highest BCUT2D eigenvalue weighted by atomic mass is 32.2. The first-order chi connectivity index (χ1) is 15.2. The van der Waals surface area contributed by atoms with Gasteiger partial charge in [-0.1, -0.05) is 48.2 Å². The van der Waals surface area contributed by atoms with E-state index < -0.39 is 0 Å². The van der Waals surface area contributed by atoms with E-state index in [1.165, 1.54) is 16.6 Å². The molecule has 2 aromatic heterocycles. The van der Waals surface area contributed by atoms with E-state index in [1.54, 1.807) is 35.1 Å². The van der Waals surface area contributed by atoms with Crippen LogP contribution in [0.25, 0.3) is 15.9 Å². The largest absolute Gasteiger partial charge is 0.497 e. The number of ether oxygens (including phenoxy) is 1. The number of carbonyl (C=O) groups is 1. The summed E-state index contributed by atoms with van der Waals surface area (Å²) >= 11 is 2.91. The second-order valence-electron chi connectivity index (χ2n) is 7.35. The van der Waals surface area contributed by atoms with Crippen molar-refractivity contribution in [2.24, 2.45) is 0 Å². The van der Waals surface area contributed by atoms with Crippen molar-refractivity contribution >= 4 is 39.1 Å². The van der Waals surface area contributed by atoms with Gasteiger partial charge in [-0.25, -0.2) is 4.98 Å². The zero-order valence-corrected chi connectivity index (χ0v) is 18.6. The van der Waals surface area contributed by atoms with Crippen molar-refractivity contribution in [1.82, 2.24) is 9.55 Å². The number of hydrogen-bond acceptors (Lipinski definition) is 6. The van der Waals surface area contributed by atoms with Gasteiger partial charge < -0.3 is 4.74 Å². The Morgan fingerprint density at radius 1 is 1.16 bits per heavy atom. The van der Waals surface area contributed by atoms with Crippen LogP contribution in [0, 0.1) is 0 Å². The number of hydrogen-bond donors (Lipinski definition) is 0. The molecule has 0 aliphatic heterocycles. The molecule has 0 amide bonds. The minimum atomic E-state index is -0.0766. The number of aromatic nitrogens is 2. The molecule has 0 N–H and O–H groups in total. The monoisotopic (exact) mass is 448 g/mol. The van der Waals surface area contributed by atoms with Gasteiger partial charge in [-0.05, 0) is 37.0 Å². The van der Waals surface area contributed by atoms with E-state index in [4.69, 9.17) is 9.72 Å². The lowest BCUT2D eigenvalue weighted by molar-refractivity contribution is 0.102. The van der Waals surface area contributed by atoms with E-state index in [-0.39, 0.29) is 17.1 Å². The quantitative estimate of drug-likeness (QED) is 0.238. The third kappa shape index (κ3) is 3.68. The Hall–Kier alpha value is -2.90. The van der Waals surface area contributed by atoms with Crippen LogP contribution >= 0.6 is 23.1 Å². The van der Waals surface area contributed by atoms with Gasteiger partial charge in [0.2, 0.25) is 0 Å². The molecule has 31 heavy (non-hydrogen) atoms. The third-order valence-corrected chi connectivity index (χ3v) is 7.57. The predicted molar refractivity (Wildman–Crippen MR) is 125 cm³/mol. The van der Waals surface area contributed by atoms with E-state index in [0.29, 0.717) is 22.2 Å². The second kappa shape index (κ2) is 8.32. The summed E-state index contributed by atoms with van der Waals surface area (Å²) in [4.78, 5) is 33.2. The molecule has 2 aromatic carbocycles. The van der Waals surface area contributed by atoms with Crippen LogP contribution in [-0.2, 0) is 12.8 Å². The number of ketones is 1. The summed E-state index contributed by atoms with van der Waals surface area (Å²) in [5, 5.41) is 1.24. The lowest BCUT2D eigenvalue weighted by Crippen LogP contribution is -2.22. The highest BCUT2D eigenvalue weighted by Crippen LogP contribution is 2.36. The summed E-state index contributed by atoms with van der Waals surface area (Å²) in [5.41, 5.74) is 2.41. The first-order valence-electron chi connectivity index (χ1n) is 10.1. The van der Waals surface area contributed by atoms with Crippen molar-refractivity contribution in [3.63, 3.8) is 0 Å². The molecule has 0 saturated heterocycles. The molecule has 156 valence electrons. The number of carbonyl (C=O) groups excluding carboxylic acids is 1. The molecule has 2 heterocycles. The van der Waals surface area contributed by atoms with Crippen LogP contribution in [0.5, 0.6) is 5.75 Å². The molecular weight excluding hydrogens is 428 g/mol. The zero-order chi connectivity index (χ0) is 21.4. The van der Waals surface area contributed by atoms with E-state index >= 15 is 0 Å². The van der Waals surface area contributed by atoms with Gasteiger partial charge in [0.15, 0.2) is 10.9 Å². The first kappa shape index (κ1) is 20.0. The van der Waals surface area contributed by atoms with Crippen molar-refractivity contribution in [3.8, 4) is 11.4 Å². The molecule has 7 heteroatoms. The number of thioether (sulfide) groups is 1. The summed E-state index contributed by atoms with van der Waals surface area (Å²) in [7, 11) is 1.60. The highest BCUT2D eigenvalue weighted by Gasteiger charge is 2.24. The lowest BCUT2D eigenvalue weighted by Gasteiger charge is -2.13. The molecule has 1 aliphatic rings. The molecule has 0 saturated carbocycles. The molecule has 5 rings (SSSR count). The minimum absolute atomic E-state index is 0.00538. The molecule has 4 aromatic rings.